The summed E-state index contributed by atoms with van der Waals surface area (Å²) in [4.78, 5) is 5.96. The van der Waals surface area contributed by atoms with Gasteiger partial charge in [-0.15, -0.1) is 0 Å². The van der Waals surface area contributed by atoms with E-state index in [-0.39, 0.29) is 0 Å². The molecule has 2 heterocycles. The molecular weight excluding hydrogens is 184 g/mol. The van der Waals surface area contributed by atoms with Gasteiger partial charge in [-0.1, -0.05) is 18.2 Å². The third kappa shape index (κ3) is 1.45. The van der Waals surface area contributed by atoms with Crippen molar-refractivity contribution in [2.24, 2.45) is 0 Å². The van der Waals surface area contributed by atoms with Crippen LogP contribution in [0, 0.1) is 0 Å². The first kappa shape index (κ1) is 8.98. The number of fused-ring (bicyclic) bond motifs is 3. The van der Waals surface area contributed by atoms with Gasteiger partial charge in [-0.25, -0.2) is 0 Å². The minimum atomic E-state index is 1.08. The molecule has 0 unspecified atom stereocenters. The molecule has 1 aliphatic rings. The zero-order valence-electron chi connectivity index (χ0n) is 9.09. The quantitative estimate of drug-likeness (QED) is 0.692. The summed E-state index contributed by atoms with van der Waals surface area (Å²) in [6.07, 6.45) is 2.45. The molecule has 1 aromatic heterocycles. The van der Waals surface area contributed by atoms with Crippen molar-refractivity contribution in [1.82, 2.24) is 9.88 Å². The summed E-state index contributed by atoms with van der Waals surface area (Å²) >= 11 is 0. The number of benzene rings is 1. The molecule has 3 rings (SSSR count). The summed E-state index contributed by atoms with van der Waals surface area (Å²) in [6.45, 7) is 2.29. The maximum Gasteiger partial charge on any atom is 0.0459 e. The summed E-state index contributed by atoms with van der Waals surface area (Å²) < 4.78 is 0. The Labute approximate surface area is 89.9 Å². The average Bonchev–Trinajstić information content (AvgIpc) is 2.47. The molecule has 0 amide bonds. The summed E-state index contributed by atoms with van der Waals surface area (Å²) in [7, 11) is 2.21. The number of hydrogen-bond acceptors (Lipinski definition) is 1. The standard InChI is InChI=1S/C13H16N2/c1-15-8-4-7-13-11(9-15)10-5-2-3-6-12(10)14-13/h2-3,5-6,14H,4,7-9H2,1H3. The van der Waals surface area contributed by atoms with Gasteiger partial charge in [0.2, 0.25) is 0 Å². The fourth-order valence-electron chi connectivity index (χ4n) is 2.52. The number of aromatic amines is 1. The van der Waals surface area contributed by atoms with Crippen LogP contribution < -0.4 is 0 Å². The molecule has 1 aliphatic heterocycles. The largest absolute Gasteiger partial charge is 0.358 e. The molecular formula is C13H16N2. The van der Waals surface area contributed by atoms with E-state index >= 15 is 0 Å². The molecule has 0 saturated heterocycles. The summed E-state index contributed by atoms with van der Waals surface area (Å²) in [5, 5.41) is 1.40. The molecule has 0 aliphatic carbocycles. The monoisotopic (exact) mass is 200 g/mol. The van der Waals surface area contributed by atoms with Crippen molar-refractivity contribution in [3.05, 3.63) is 35.5 Å². The Morgan fingerprint density at radius 2 is 2.13 bits per heavy atom. The molecule has 0 radical (unpaired) electrons. The van der Waals surface area contributed by atoms with Crippen molar-refractivity contribution < 1.29 is 0 Å². The maximum absolute atomic E-state index is 3.55. The van der Waals surface area contributed by atoms with Crippen LogP contribution in [0.3, 0.4) is 0 Å². The van der Waals surface area contributed by atoms with Gasteiger partial charge in [0.1, 0.15) is 0 Å². The lowest BCUT2D eigenvalue weighted by Crippen LogP contribution is -2.16. The zero-order valence-corrected chi connectivity index (χ0v) is 9.09. The maximum atomic E-state index is 3.55. The van der Waals surface area contributed by atoms with E-state index in [0.29, 0.717) is 0 Å². The molecule has 78 valence electrons. The van der Waals surface area contributed by atoms with Gasteiger partial charge in [-0.2, -0.15) is 0 Å². The van der Waals surface area contributed by atoms with Crippen LogP contribution in [0.4, 0.5) is 0 Å². The third-order valence-electron chi connectivity index (χ3n) is 3.30. The van der Waals surface area contributed by atoms with Gasteiger partial charge in [0.05, 0.1) is 0 Å². The molecule has 2 aromatic rings. The Bertz CT molecular complexity index is 484. The minimum absolute atomic E-state index is 1.08. The molecule has 2 heteroatoms. The van der Waals surface area contributed by atoms with E-state index < -0.39 is 0 Å². The Kier molecular flexibility index (Phi) is 2.03. The lowest BCUT2D eigenvalue weighted by molar-refractivity contribution is 0.333. The van der Waals surface area contributed by atoms with Crippen LogP contribution in [0.2, 0.25) is 0 Å². The smallest absolute Gasteiger partial charge is 0.0459 e. The first-order chi connectivity index (χ1) is 7.34. The zero-order chi connectivity index (χ0) is 10.3. The molecule has 1 N–H and O–H groups in total. The lowest BCUT2D eigenvalue weighted by atomic mass is 10.1. The minimum Gasteiger partial charge on any atom is -0.358 e. The summed E-state index contributed by atoms with van der Waals surface area (Å²) in [5.41, 5.74) is 4.24. The second-order valence-corrected chi connectivity index (χ2v) is 4.47. The van der Waals surface area contributed by atoms with Gasteiger partial charge in [0.15, 0.2) is 0 Å². The van der Waals surface area contributed by atoms with Crippen LogP contribution >= 0.6 is 0 Å². The lowest BCUT2D eigenvalue weighted by Gasteiger charge is -2.12. The van der Waals surface area contributed by atoms with E-state index in [9.17, 15) is 0 Å². The summed E-state index contributed by atoms with van der Waals surface area (Å²) in [5.74, 6) is 0. The van der Waals surface area contributed by atoms with Crippen LogP contribution in [0.25, 0.3) is 10.9 Å². The highest BCUT2D eigenvalue weighted by molar-refractivity contribution is 5.84. The van der Waals surface area contributed by atoms with E-state index in [1.54, 1.807) is 0 Å². The number of rotatable bonds is 0. The highest BCUT2D eigenvalue weighted by Crippen LogP contribution is 2.26. The van der Waals surface area contributed by atoms with Crippen molar-refractivity contribution in [3.63, 3.8) is 0 Å². The van der Waals surface area contributed by atoms with Crippen molar-refractivity contribution >= 4 is 10.9 Å². The Morgan fingerprint density at radius 1 is 1.27 bits per heavy atom. The van der Waals surface area contributed by atoms with Gasteiger partial charge in [0.25, 0.3) is 0 Å². The molecule has 0 fully saturated rings. The number of H-pyrrole nitrogens is 1. The van der Waals surface area contributed by atoms with Gasteiger partial charge < -0.3 is 9.88 Å². The van der Waals surface area contributed by atoms with E-state index in [2.05, 4.69) is 41.2 Å². The molecule has 1 aromatic carbocycles. The van der Waals surface area contributed by atoms with Crippen LogP contribution in [0.5, 0.6) is 0 Å². The summed E-state index contributed by atoms with van der Waals surface area (Å²) in [6, 6.07) is 8.62. The Hall–Kier alpha value is -1.28. The van der Waals surface area contributed by atoms with Crippen LogP contribution in [-0.2, 0) is 13.0 Å². The highest BCUT2D eigenvalue weighted by Gasteiger charge is 2.15. The second kappa shape index (κ2) is 3.38. The highest BCUT2D eigenvalue weighted by atomic mass is 15.1. The molecule has 15 heavy (non-hydrogen) atoms. The van der Waals surface area contributed by atoms with Gasteiger partial charge in [-0.3, -0.25) is 0 Å². The van der Waals surface area contributed by atoms with E-state index in [1.165, 1.54) is 41.5 Å². The van der Waals surface area contributed by atoms with Crippen LogP contribution in [0.15, 0.2) is 24.3 Å². The SMILES string of the molecule is CN1CCCc2[nH]c3ccccc3c2C1. The number of nitrogens with zero attached hydrogens (tertiary/aromatic N) is 1. The first-order valence-corrected chi connectivity index (χ1v) is 5.61. The van der Waals surface area contributed by atoms with Crippen molar-refractivity contribution in [2.45, 2.75) is 19.4 Å². The van der Waals surface area contributed by atoms with E-state index in [4.69, 9.17) is 0 Å². The fourth-order valence-corrected chi connectivity index (χ4v) is 2.52. The molecule has 2 nitrogen and oxygen atoms in total. The molecule has 0 atom stereocenters. The number of hydrogen-bond donors (Lipinski definition) is 1. The van der Waals surface area contributed by atoms with Gasteiger partial charge >= 0.3 is 0 Å². The first-order valence-electron chi connectivity index (χ1n) is 5.61. The van der Waals surface area contributed by atoms with Crippen molar-refractivity contribution in [3.8, 4) is 0 Å². The molecule has 0 spiro atoms. The Balaban J connectivity index is 2.20. The second-order valence-electron chi connectivity index (χ2n) is 4.47. The van der Waals surface area contributed by atoms with Crippen molar-refractivity contribution in [2.75, 3.05) is 13.6 Å². The number of para-hydroxylation sites is 1. The Morgan fingerprint density at radius 3 is 3.07 bits per heavy atom. The van der Waals surface area contributed by atoms with Crippen LogP contribution in [0.1, 0.15) is 17.7 Å². The average molecular weight is 200 g/mol. The predicted octanol–water partition coefficient (Wildman–Crippen LogP) is 2.55. The molecule has 0 saturated carbocycles. The number of aryl methyl sites for hydroxylation is 1. The van der Waals surface area contributed by atoms with Gasteiger partial charge in [0, 0.05) is 23.1 Å². The topological polar surface area (TPSA) is 19.0 Å². The fraction of sp³-hybridized carbons (Fsp3) is 0.385. The third-order valence-corrected chi connectivity index (χ3v) is 3.30. The normalized spacial score (nSPS) is 17.7. The number of nitrogens with one attached hydrogen (secondary N) is 1. The van der Waals surface area contributed by atoms with E-state index in [0.717, 1.165) is 6.54 Å². The number of aromatic nitrogens is 1. The van der Waals surface area contributed by atoms with E-state index in [1.807, 2.05) is 0 Å². The van der Waals surface area contributed by atoms with Gasteiger partial charge in [-0.05, 0) is 38.1 Å². The van der Waals surface area contributed by atoms with Crippen molar-refractivity contribution in [1.29, 1.82) is 0 Å². The van der Waals surface area contributed by atoms with Crippen LogP contribution in [-0.4, -0.2) is 23.5 Å². The molecule has 0 bridgehead atoms. The predicted molar refractivity (Wildman–Crippen MR) is 63.0 cm³/mol.